The van der Waals surface area contributed by atoms with E-state index in [0.29, 0.717) is 11.0 Å². The van der Waals surface area contributed by atoms with E-state index < -0.39 is 5.95 Å². The summed E-state index contributed by atoms with van der Waals surface area (Å²) in [4.78, 5) is 7.79. The van der Waals surface area contributed by atoms with Gasteiger partial charge in [0, 0.05) is 11.8 Å². The summed E-state index contributed by atoms with van der Waals surface area (Å²) in [5, 5.41) is 3.43. The lowest BCUT2D eigenvalue weighted by Gasteiger charge is -2.05. The second-order valence-corrected chi connectivity index (χ2v) is 3.83. The minimum atomic E-state index is -0.530. The van der Waals surface area contributed by atoms with Gasteiger partial charge >= 0.3 is 0 Å². The van der Waals surface area contributed by atoms with Gasteiger partial charge in [0.1, 0.15) is 5.82 Å². The van der Waals surface area contributed by atoms with Gasteiger partial charge in [-0.1, -0.05) is 30.0 Å². The van der Waals surface area contributed by atoms with Crippen LogP contribution in [0, 0.1) is 5.95 Å². The highest BCUT2D eigenvalue weighted by molar-refractivity contribution is 7.98. The minimum absolute atomic E-state index is 0.415. The summed E-state index contributed by atoms with van der Waals surface area (Å²) in [7, 11) is 0. The van der Waals surface area contributed by atoms with Gasteiger partial charge in [0.05, 0.1) is 0 Å². The van der Waals surface area contributed by atoms with Crippen molar-refractivity contribution in [3.05, 3.63) is 42.3 Å². The molecule has 0 spiro atoms. The summed E-state index contributed by atoms with van der Waals surface area (Å²) in [6.07, 6.45) is 1.81. The summed E-state index contributed by atoms with van der Waals surface area (Å²) >= 11 is 1.31. The molecule has 0 aliphatic heterocycles. The number of halogens is 1. The molecule has 1 aromatic carbocycles. The second-order valence-electron chi connectivity index (χ2n) is 3.05. The maximum Gasteiger partial charge on any atom is 0.219 e. The average Bonchev–Trinajstić information content (AvgIpc) is 2.29. The van der Waals surface area contributed by atoms with Crippen LogP contribution in [0.5, 0.6) is 0 Å². The van der Waals surface area contributed by atoms with E-state index >= 15 is 0 Å². The van der Waals surface area contributed by atoms with Crippen molar-refractivity contribution in [3.8, 4) is 0 Å². The van der Waals surface area contributed by atoms with Crippen LogP contribution in [-0.4, -0.2) is 16.2 Å². The Morgan fingerprint density at radius 2 is 1.94 bits per heavy atom. The molecule has 1 N–H and O–H groups in total. The largest absolute Gasteiger partial charge is 0.340 e. The summed E-state index contributed by atoms with van der Waals surface area (Å²) in [5.41, 5.74) is 0.868. The number of aromatic nitrogens is 2. The summed E-state index contributed by atoms with van der Waals surface area (Å²) in [6, 6.07) is 10.8. The Kier molecular flexibility index (Phi) is 3.36. The quantitative estimate of drug-likeness (QED) is 0.504. The van der Waals surface area contributed by atoms with E-state index in [1.54, 1.807) is 6.26 Å². The van der Waals surface area contributed by atoms with Crippen molar-refractivity contribution in [2.75, 3.05) is 11.6 Å². The number of hydrogen-bond acceptors (Lipinski definition) is 4. The average molecular weight is 235 g/mol. The molecule has 16 heavy (non-hydrogen) atoms. The molecule has 0 bridgehead atoms. The first-order valence-electron chi connectivity index (χ1n) is 4.68. The van der Waals surface area contributed by atoms with Crippen molar-refractivity contribution in [3.63, 3.8) is 0 Å². The number of nitrogens with one attached hydrogen (secondary N) is 1. The molecule has 5 heteroatoms. The van der Waals surface area contributed by atoms with Gasteiger partial charge in [0.15, 0.2) is 5.16 Å². The third-order valence-electron chi connectivity index (χ3n) is 1.90. The highest BCUT2D eigenvalue weighted by Gasteiger charge is 2.03. The van der Waals surface area contributed by atoms with Crippen molar-refractivity contribution in [1.82, 2.24) is 9.97 Å². The Balaban J connectivity index is 2.24. The first-order chi connectivity index (χ1) is 7.78. The molecule has 0 saturated heterocycles. The predicted octanol–water partition coefficient (Wildman–Crippen LogP) is 3.08. The molecule has 0 aliphatic carbocycles. The molecule has 2 aromatic rings. The van der Waals surface area contributed by atoms with Gasteiger partial charge in [-0.25, -0.2) is 4.98 Å². The molecular weight excluding hydrogens is 225 g/mol. The SMILES string of the molecule is CSc1nc(F)cc(Nc2ccccc2)n1. The molecule has 0 fully saturated rings. The predicted molar refractivity (Wildman–Crippen MR) is 63.5 cm³/mol. The van der Waals surface area contributed by atoms with Crippen LogP contribution in [-0.2, 0) is 0 Å². The summed E-state index contributed by atoms with van der Waals surface area (Å²) in [6.45, 7) is 0. The molecule has 1 aromatic heterocycles. The molecule has 82 valence electrons. The van der Waals surface area contributed by atoms with Gasteiger partial charge in [0.25, 0.3) is 0 Å². The number of anilines is 2. The highest BCUT2D eigenvalue weighted by atomic mass is 32.2. The highest BCUT2D eigenvalue weighted by Crippen LogP contribution is 2.17. The minimum Gasteiger partial charge on any atom is -0.340 e. The zero-order chi connectivity index (χ0) is 11.4. The van der Waals surface area contributed by atoms with Crippen LogP contribution in [0.15, 0.2) is 41.6 Å². The van der Waals surface area contributed by atoms with E-state index in [1.807, 2.05) is 30.3 Å². The smallest absolute Gasteiger partial charge is 0.219 e. The van der Waals surface area contributed by atoms with Gasteiger partial charge in [-0.2, -0.15) is 9.37 Å². The lowest BCUT2D eigenvalue weighted by Crippen LogP contribution is -1.98. The summed E-state index contributed by atoms with van der Waals surface area (Å²) < 4.78 is 13.1. The second kappa shape index (κ2) is 4.94. The van der Waals surface area contributed by atoms with Crippen molar-refractivity contribution in [2.24, 2.45) is 0 Å². The van der Waals surface area contributed by atoms with Crippen molar-refractivity contribution in [2.45, 2.75) is 5.16 Å². The third-order valence-corrected chi connectivity index (χ3v) is 2.45. The van der Waals surface area contributed by atoms with Crippen LogP contribution in [0.25, 0.3) is 0 Å². The van der Waals surface area contributed by atoms with Crippen molar-refractivity contribution >= 4 is 23.3 Å². The lowest BCUT2D eigenvalue weighted by molar-refractivity contribution is 0.564. The topological polar surface area (TPSA) is 37.8 Å². The Hall–Kier alpha value is -1.62. The molecule has 1 heterocycles. The maximum atomic E-state index is 13.1. The monoisotopic (exact) mass is 235 g/mol. The number of para-hydroxylation sites is 1. The summed E-state index contributed by atoms with van der Waals surface area (Å²) in [5.74, 6) is -0.0687. The first kappa shape index (κ1) is 10.9. The zero-order valence-electron chi connectivity index (χ0n) is 8.64. The van der Waals surface area contributed by atoms with Gasteiger partial charge in [0.2, 0.25) is 5.95 Å². The number of thioether (sulfide) groups is 1. The van der Waals surface area contributed by atoms with Crippen LogP contribution in [0.2, 0.25) is 0 Å². The fourth-order valence-corrected chi connectivity index (χ4v) is 1.59. The van der Waals surface area contributed by atoms with E-state index in [2.05, 4.69) is 15.3 Å². The van der Waals surface area contributed by atoms with E-state index in [9.17, 15) is 4.39 Å². The number of nitrogens with zero attached hydrogens (tertiary/aromatic N) is 2. The molecule has 2 rings (SSSR count). The number of benzene rings is 1. The Morgan fingerprint density at radius 3 is 2.62 bits per heavy atom. The first-order valence-corrected chi connectivity index (χ1v) is 5.91. The number of rotatable bonds is 3. The van der Waals surface area contributed by atoms with Crippen LogP contribution in [0.4, 0.5) is 15.9 Å². The lowest BCUT2D eigenvalue weighted by atomic mass is 10.3. The van der Waals surface area contributed by atoms with Crippen molar-refractivity contribution < 1.29 is 4.39 Å². The molecule has 0 radical (unpaired) electrons. The normalized spacial score (nSPS) is 10.1. The molecule has 3 nitrogen and oxygen atoms in total. The van der Waals surface area contributed by atoms with E-state index in [1.165, 1.54) is 17.8 Å². The van der Waals surface area contributed by atoms with E-state index in [4.69, 9.17) is 0 Å². The molecule has 0 saturated carbocycles. The van der Waals surface area contributed by atoms with E-state index in [0.717, 1.165) is 5.69 Å². The Morgan fingerprint density at radius 1 is 1.19 bits per heavy atom. The van der Waals surface area contributed by atoms with Crippen LogP contribution >= 0.6 is 11.8 Å². The standard InChI is InChI=1S/C11H10FN3S/c1-16-11-14-9(12)7-10(15-11)13-8-5-3-2-4-6-8/h2-7H,1H3,(H,13,14,15). The van der Waals surface area contributed by atoms with Gasteiger partial charge in [-0.15, -0.1) is 0 Å². The fourth-order valence-electron chi connectivity index (χ4n) is 1.22. The van der Waals surface area contributed by atoms with Crippen LogP contribution in [0.3, 0.4) is 0 Å². The molecule has 0 atom stereocenters. The van der Waals surface area contributed by atoms with Gasteiger partial charge < -0.3 is 5.32 Å². The van der Waals surface area contributed by atoms with Crippen LogP contribution in [0.1, 0.15) is 0 Å². The third kappa shape index (κ3) is 2.70. The van der Waals surface area contributed by atoms with Gasteiger partial charge in [-0.05, 0) is 18.4 Å². The van der Waals surface area contributed by atoms with Crippen molar-refractivity contribution in [1.29, 1.82) is 0 Å². The molecular formula is C11H10FN3S. The maximum absolute atomic E-state index is 13.1. The Labute approximate surface area is 97.1 Å². The zero-order valence-corrected chi connectivity index (χ0v) is 9.46. The number of hydrogen-bond donors (Lipinski definition) is 1. The van der Waals surface area contributed by atoms with Gasteiger partial charge in [-0.3, -0.25) is 0 Å². The molecule has 0 unspecified atom stereocenters. The molecule has 0 amide bonds. The molecule has 0 aliphatic rings. The van der Waals surface area contributed by atoms with Crippen LogP contribution < -0.4 is 5.32 Å². The Bertz CT molecular complexity index is 476. The fraction of sp³-hybridized carbons (Fsp3) is 0.0909. The van der Waals surface area contributed by atoms with E-state index in [-0.39, 0.29) is 0 Å².